The summed E-state index contributed by atoms with van der Waals surface area (Å²) in [7, 11) is 0. The molecule has 0 aliphatic heterocycles. The number of rotatable bonds is 13. The van der Waals surface area contributed by atoms with Gasteiger partial charge in [-0.25, -0.2) is 0 Å². The van der Waals surface area contributed by atoms with Crippen molar-refractivity contribution >= 4 is 52.6 Å². The van der Waals surface area contributed by atoms with Gasteiger partial charge in [-0.3, -0.25) is 0 Å². The van der Waals surface area contributed by atoms with E-state index in [-0.39, 0.29) is 11.1 Å². The van der Waals surface area contributed by atoms with Gasteiger partial charge in [-0.05, 0) is 42.3 Å². The molecule has 0 radical (unpaired) electrons. The lowest BCUT2D eigenvalue weighted by Crippen LogP contribution is -2.05. The van der Waals surface area contributed by atoms with Crippen LogP contribution in [0.25, 0.3) is 0 Å². The van der Waals surface area contributed by atoms with Crippen molar-refractivity contribution < 1.29 is 19.0 Å². The summed E-state index contributed by atoms with van der Waals surface area (Å²) in [6.45, 7) is 3.71. The Morgan fingerprint density at radius 2 is 1.58 bits per heavy atom. The van der Waals surface area contributed by atoms with E-state index in [9.17, 15) is 0 Å². The number of ether oxygens (including phenoxy) is 3. The summed E-state index contributed by atoms with van der Waals surface area (Å²) < 4.78 is 17.0. The molecule has 0 aromatic heterocycles. The SMILES string of the molecule is CCCON=Cc1ccc(OCCCOc2c(Cl)cc(OCC=C(Cl)Cl)cc2Cl)cc1. The molecule has 31 heavy (non-hydrogen) atoms. The summed E-state index contributed by atoms with van der Waals surface area (Å²) in [5, 5.41) is 4.60. The zero-order chi connectivity index (χ0) is 22.5. The number of halogens is 4. The maximum absolute atomic E-state index is 6.25. The van der Waals surface area contributed by atoms with E-state index in [1.807, 2.05) is 31.2 Å². The lowest BCUT2D eigenvalue weighted by atomic mass is 10.2. The third-order valence-electron chi connectivity index (χ3n) is 3.72. The number of benzene rings is 2. The van der Waals surface area contributed by atoms with Gasteiger partial charge in [0.15, 0.2) is 5.75 Å². The normalized spacial score (nSPS) is 10.7. The molecule has 168 valence electrons. The Morgan fingerprint density at radius 3 is 2.23 bits per heavy atom. The predicted octanol–water partition coefficient (Wildman–Crippen LogP) is 7.30. The fraction of sp³-hybridized carbons (Fsp3) is 0.318. The summed E-state index contributed by atoms with van der Waals surface area (Å²) in [6.07, 6.45) is 4.76. The third kappa shape index (κ3) is 9.92. The zero-order valence-electron chi connectivity index (χ0n) is 17.0. The fourth-order valence-electron chi connectivity index (χ4n) is 2.27. The Kier molecular flexibility index (Phi) is 11.8. The first-order chi connectivity index (χ1) is 15.0. The van der Waals surface area contributed by atoms with Crippen molar-refractivity contribution in [1.82, 2.24) is 0 Å². The van der Waals surface area contributed by atoms with Gasteiger partial charge in [0.25, 0.3) is 0 Å². The molecule has 2 aromatic carbocycles. The van der Waals surface area contributed by atoms with Gasteiger partial charge in [0, 0.05) is 18.6 Å². The highest BCUT2D eigenvalue weighted by Gasteiger charge is 2.10. The molecule has 5 nitrogen and oxygen atoms in total. The number of hydrogen-bond acceptors (Lipinski definition) is 5. The average Bonchev–Trinajstić information content (AvgIpc) is 2.73. The molecule has 0 saturated carbocycles. The summed E-state index contributed by atoms with van der Waals surface area (Å²) in [4.78, 5) is 5.08. The van der Waals surface area contributed by atoms with Crippen LogP contribution in [0.3, 0.4) is 0 Å². The van der Waals surface area contributed by atoms with Crippen LogP contribution in [0.2, 0.25) is 10.0 Å². The van der Waals surface area contributed by atoms with Gasteiger partial charge in [0.05, 0.1) is 29.5 Å². The van der Waals surface area contributed by atoms with Gasteiger partial charge in [-0.2, -0.15) is 0 Å². The zero-order valence-corrected chi connectivity index (χ0v) is 20.0. The van der Waals surface area contributed by atoms with Crippen LogP contribution in [0, 0.1) is 0 Å². The van der Waals surface area contributed by atoms with Crippen molar-refractivity contribution in [3.63, 3.8) is 0 Å². The van der Waals surface area contributed by atoms with Gasteiger partial charge in [-0.1, -0.05) is 58.5 Å². The van der Waals surface area contributed by atoms with Crippen LogP contribution in [0.1, 0.15) is 25.3 Å². The molecule has 0 heterocycles. The van der Waals surface area contributed by atoms with Gasteiger partial charge < -0.3 is 19.0 Å². The highest BCUT2D eigenvalue weighted by Crippen LogP contribution is 2.37. The fourth-order valence-corrected chi connectivity index (χ4v) is 2.98. The molecule has 0 aliphatic rings. The first-order valence-corrected chi connectivity index (χ1v) is 11.1. The molecule has 2 aromatic rings. The van der Waals surface area contributed by atoms with Crippen molar-refractivity contribution in [2.24, 2.45) is 5.16 Å². The Balaban J connectivity index is 1.73. The molecule has 0 saturated heterocycles. The van der Waals surface area contributed by atoms with Crippen LogP contribution in [0.4, 0.5) is 0 Å². The lowest BCUT2D eigenvalue weighted by Gasteiger charge is -2.12. The second-order valence-corrected chi connectivity index (χ2v) is 8.03. The number of nitrogens with zero attached hydrogens (tertiary/aromatic N) is 1. The van der Waals surface area contributed by atoms with Crippen LogP contribution < -0.4 is 14.2 Å². The molecule has 0 amide bonds. The maximum Gasteiger partial charge on any atom is 0.156 e. The molecule has 2 rings (SSSR count). The molecule has 9 heteroatoms. The standard InChI is InChI=1S/C22H23Cl4NO4/c1-2-9-31-27-15-16-4-6-17(7-5-16)28-10-3-11-30-22-19(23)13-18(14-20(22)24)29-12-8-21(25)26/h4-8,13-15H,2-3,9-12H2,1H3. The summed E-state index contributed by atoms with van der Waals surface area (Å²) >= 11 is 23.6. The van der Waals surface area contributed by atoms with Crippen LogP contribution in [-0.4, -0.2) is 32.6 Å². The Labute approximate surface area is 202 Å². The summed E-state index contributed by atoms with van der Waals surface area (Å²) in [5.41, 5.74) is 0.935. The summed E-state index contributed by atoms with van der Waals surface area (Å²) in [5.74, 6) is 1.65. The van der Waals surface area contributed by atoms with Crippen molar-refractivity contribution in [3.8, 4) is 17.2 Å². The molecule has 0 unspecified atom stereocenters. The Bertz CT molecular complexity index is 845. The van der Waals surface area contributed by atoms with Crippen LogP contribution in [0.5, 0.6) is 17.2 Å². The topological polar surface area (TPSA) is 49.3 Å². The molecular weight excluding hydrogens is 484 g/mol. The largest absolute Gasteiger partial charge is 0.493 e. The first kappa shape index (κ1) is 25.5. The van der Waals surface area contributed by atoms with Gasteiger partial charge in [0.1, 0.15) is 29.2 Å². The van der Waals surface area contributed by atoms with Crippen molar-refractivity contribution in [3.05, 3.63) is 62.6 Å². The first-order valence-electron chi connectivity index (χ1n) is 9.63. The van der Waals surface area contributed by atoms with E-state index in [1.54, 1.807) is 18.3 Å². The quantitative estimate of drug-likeness (QED) is 0.162. The van der Waals surface area contributed by atoms with E-state index in [4.69, 9.17) is 65.5 Å². The van der Waals surface area contributed by atoms with Crippen LogP contribution >= 0.6 is 46.4 Å². The van der Waals surface area contributed by atoms with E-state index >= 15 is 0 Å². The van der Waals surface area contributed by atoms with Gasteiger partial charge >= 0.3 is 0 Å². The van der Waals surface area contributed by atoms with E-state index in [1.165, 1.54) is 6.08 Å². The molecule has 0 N–H and O–H groups in total. The predicted molar refractivity (Wildman–Crippen MR) is 128 cm³/mol. The average molecular weight is 507 g/mol. The minimum Gasteiger partial charge on any atom is -0.493 e. The highest BCUT2D eigenvalue weighted by atomic mass is 35.5. The molecule has 0 atom stereocenters. The van der Waals surface area contributed by atoms with E-state index in [2.05, 4.69) is 5.16 Å². The van der Waals surface area contributed by atoms with Crippen molar-refractivity contribution in [2.75, 3.05) is 26.4 Å². The highest BCUT2D eigenvalue weighted by molar-refractivity contribution is 6.55. The number of hydrogen-bond donors (Lipinski definition) is 0. The Hall–Kier alpha value is -1.79. The van der Waals surface area contributed by atoms with Gasteiger partial charge in [0.2, 0.25) is 0 Å². The molecule has 0 spiro atoms. The van der Waals surface area contributed by atoms with E-state index < -0.39 is 0 Å². The van der Waals surface area contributed by atoms with E-state index in [0.717, 1.165) is 17.7 Å². The third-order valence-corrected chi connectivity index (χ3v) is 4.59. The second-order valence-electron chi connectivity index (χ2n) is 6.21. The molecule has 0 bridgehead atoms. The minimum absolute atomic E-state index is 0.126. The van der Waals surface area contributed by atoms with Crippen molar-refractivity contribution in [1.29, 1.82) is 0 Å². The second kappa shape index (κ2) is 14.3. The number of oxime groups is 1. The van der Waals surface area contributed by atoms with Crippen molar-refractivity contribution in [2.45, 2.75) is 19.8 Å². The van der Waals surface area contributed by atoms with Gasteiger partial charge in [-0.15, -0.1) is 0 Å². The monoisotopic (exact) mass is 505 g/mol. The molecule has 0 fully saturated rings. The minimum atomic E-state index is 0.126. The Morgan fingerprint density at radius 1 is 0.903 bits per heavy atom. The molecular formula is C22H23Cl4NO4. The van der Waals surface area contributed by atoms with Crippen LogP contribution in [-0.2, 0) is 4.84 Å². The summed E-state index contributed by atoms with van der Waals surface area (Å²) in [6, 6.07) is 10.8. The van der Waals surface area contributed by atoms with E-state index in [0.29, 0.717) is 47.8 Å². The smallest absolute Gasteiger partial charge is 0.156 e. The lowest BCUT2D eigenvalue weighted by molar-refractivity contribution is 0.146. The van der Waals surface area contributed by atoms with Crippen LogP contribution in [0.15, 0.2) is 52.1 Å². The maximum atomic E-state index is 6.25. The molecule has 0 aliphatic carbocycles.